The third-order valence-electron chi connectivity index (χ3n) is 7.56. The van der Waals surface area contributed by atoms with Crippen LogP contribution in [0, 0.1) is 5.92 Å². The van der Waals surface area contributed by atoms with E-state index < -0.39 is 28.4 Å². The Labute approximate surface area is 191 Å². The van der Waals surface area contributed by atoms with Crippen LogP contribution in [0.5, 0.6) is 0 Å². The summed E-state index contributed by atoms with van der Waals surface area (Å²) in [6.07, 6.45) is 5.56. The second kappa shape index (κ2) is 9.67. The van der Waals surface area contributed by atoms with Gasteiger partial charge in [-0.25, -0.2) is 4.79 Å². The zero-order chi connectivity index (χ0) is 22.9. The molecule has 1 aliphatic heterocycles. The normalized spacial score (nSPS) is 32.9. The predicted octanol–water partition coefficient (Wildman–Crippen LogP) is 3.02. The minimum absolute atomic E-state index is 0.0109. The molecule has 0 unspecified atom stereocenters. The van der Waals surface area contributed by atoms with Crippen LogP contribution >= 0.6 is 0 Å². The first kappa shape index (κ1) is 23.5. The predicted molar refractivity (Wildman–Crippen MR) is 122 cm³/mol. The Bertz CT molecular complexity index is 886. The van der Waals surface area contributed by atoms with Crippen molar-refractivity contribution in [3.63, 3.8) is 0 Å². The number of hydrogen-bond acceptors (Lipinski definition) is 4. The molecule has 3 fully saturated rings. The van der Waals surface area contributed by atoms with E-state index in [1.807, 2.05) is 6.07 Å². The summed E-state index contributed by atoms with van der Waals surface area (Å²) < 4.78 is 35.3. The van der Waals surface area contributed by atoms with Crippen LogP contribution in [-0.4, -0.2) is 73.8 Å². The van der Waals surface area contributed by atoms with Crippen molar-refractivity contribution < 1.29 is 23.1 Å². The van der Waals surface area contributed by atoms with E-state index in [1.165, 1.54) is 24.6 Å². The molecule has 0 aromatic heterocycles. The zero-order valence-electron chi connectivity index (χ0n) is 18.9. The molecule has 4 rings (SSSR count). The molecular formula is C23H35N3O5S. The van der Waals surface area contributed by atoms with E-state index >= 15 is 0 Å². The van der Waals surface area contributed by atoms with Gasteiger partial charge in [0.05, 0.1) is 24.8 Å². The van der Waals surface area contributed by atoms with Crippen molar-refractivity contribution in [3.8, 4) is 0 Å². The third-order valence-corrected chi connectivity index (χ3v) is 9.09. The molecule has 8 nitrogen and oxygen atoms in total. The highest BCUT2D eigenvalue weighted by Gasteiger charge is 2.54. The van der Waals surface area contributed by atoms with Gasteiger partial charge in [-0.15, -0.1) is 0 Å². The molecule has 1 amide bonds. The number of likely N-dealkylation sites (tertiary alicyclic amines) is 1. The fourth-order valence-electron chi connectivity index (χ4n) is 5.87. The molecule has 4 atom stereocenters. The summed E-state index contributed by atoms with van der Waals surface area (Å²) in [6.45, 7) is 0.223. The molecule has 1 saturated heterocycles. The molecule has 0 spiro atoms. The molecule has 2 aliphatic carbocycles. The van der Waals surface area contributed by atoms with Crippen molar-refractivity contribution in [2.75, 3.05) is 20.7 Å². The maximum atomic E-state index is 12.6. The lowest BCUT2D eigenvalue weighted by molar-refractivity contribution is -0.00820. The maximum absolute atomic E-state index is 12.6. The van der Waals surface area contributed by atoms with Crippen molar-refractivity contribution in [2.45, 2.75) is 75.1 Å². The molecule has 1 heterocycles. The number of fused-ring (bicyclic) bond motifs is 1. The Morgan fingerprint density at radius 3 is 2.44 bits per heavy atom. The number of amides is 1. The van der Waals surface area contributed by atoms with E-state index in [-0.39, 0.29) is 24.7 Å². The summed E-state index contributed by atoms with van der Waals surface area (Å²) in [6, 6.07) is 9.41. The highest BCUT2D eigenvalue weighted by molar-refractivity contribution is 7.87. The van der Waals surface area contributed by atoms with E-state index in [0.29, 0.717) is 5.92 Å². The molecular weight excluding hydrogens is 430 g/mol. The monoisotopic (exact) mass is 465 g/mol. The number of ether oxygens (including phenoxy) is 1. The van der Waals surface area contributed by atoms with E-state index in [1.54, 1.807) is 0 Å². The first-order chi connectivity index (χ1) is 15.3. The first-order valence-corrected chi connectivity index (χ1v) is 13.1. The number of benzene rings is 1. The summed E-state index contributed by atoms with van der Waals surface area (Å²) in [5, 5.41) is 9.94. The zero-order valence-corrected chi connectivity index (χ0v) is 19.7. The fourth-order valence-corrected chi connectivity index (χ4v) is 6.76. The van der Waals surface area contributed by atoms with Gasteiger partial charge in [-0.05, 0) is 55.9 Å². The minimum Gasteiger partial charge on any atom is -0.465 e. The van der Waals surface area contributed by atoms with Gasteiger partial charge in [0.1, 0.15) is 0 Å². The van der Waals surface area contributed by atoms with Crippen LogP contribution in [-0.2, 0) is 14.9 Å². The van der Waals surface area contributed by atoms with E-state index in [0.717, 1.165) is 49.3 Å². The molecule has 3 aliphatic rings. The van der Waals surface area contributed by atoms with Gasteiger partial charge in [0.2, 0.25) is 0 Å². The molecule has 9 heteroatoms. The van der Waals surface area contributed by atoms with Crippen LogP contribution in [0.25, 0.3) is 0 Å². The van der Waals surface area contributed by atoms with Gasteiger partial charge in [0.15, 0.2) is 0 Å². The van der Waals surface area contributed by atoms with E-state index in [2.05, 4.69) is 29.0 Å². The average molecular weight is 466 g/mol. The van der Waals surface area contributed by atoms with Gasteiger partial charge in [-0.3, -0.25) is 4.90 Å². The summed E-state index contributed by atoms with van der Waals surface area (Å²) in [7, 11) is -0.713. The summed E-state index contributed by atoms with van der Waals surface area (Å²) in [5.74, 6) is 0.528. The molecule has 0 radical (unpaired) electrons. The lowest BCUT2D eigenvalue weighted by Crippen LogP contribution is -2.53. The number of hydrogen-bond donors (Lipinski definition) is 2. The Hall–Kier alpha value is -1.68. The van der Waals surface area contributed by atoms with Crippen LogP contribution in [0.1, 0.15) is 56.4 Å². The van der Waals surface area contributed by atoms with Gasteiger partial charge in [0.25, 0.3) is 10.2 Å². The molecule has 2 saturated carbocycles. The summed E-state index contributed by atoms with van der Waals surface area (Å²) in [4.78, 5) is 13.6. The Morgan fingerprint density at radius 2 is 1.81 bits per heavy atom. The molecule has 1 aromatic carbocycles. The second-order valence-corrected chi connectivity index (χ2v) is 11.5. The summed E-state index contributed by atoms with van der Waals surface area (Å²) in [5.41, 5.74) is 1.37. The van der Waals surface area contributed by atoms with Crippen LogP contribution in [0.3, 0.4) is 0 Å². The number of nitrogens with one attached hydrogen (secondary N) is 1. The largest absolute Gasteiger partial charge is 0.465 e. The van der Waals surface area contributed by atoms with Crippen LogP contribution in [0.15, 0.2) is 30.3 Å². The van der Waals surface area contributed by atoms with Crippen LogP contribution < -0.4 is 4.72 Å². The van der Waals surface area contributed by atoms with Crippen LogP contribution in [0.2, 0.25) is 0 Å². The highest BCUT2D eigenvalue weighted by atomic mass is 32.2. The standard InChI is InChI=1S/C23H35N3O5S/c1-25(2)32(29,30)24-22-19-9-6-10-20(19)26(23(27)28)21(22)15-31-18-13-11-17(12-14-18)16-7-4-3-5-8-16/h3-5,7-8,17-22,24H,6,9-15H2,1-2H3,(H,27,28)/t17?,18?,19-,20+,21-,22-/m0/s1. The fraction of sp³-hybridized carbons (Fsp3) is 0.696. The quantitative estimate of drug-likeness (QED) is 0.645. The number of carboxylic acid groups (broad SMARTS) is 1. The number of nitrogens with zero attached hydrogens (tertiary/aromatic N) is 2. The number of carbonyl (C=O) groups is 1. The number of rotatable bonds is 7. The van der Waals surface area contributed by atoms with Gasteiger partial charge in [-0.2, -0.15) is 17.4 Å². The van der Waals surface area contributed by atoms with E-state index in [9.17, 15) is 18.3 Å². The van der Waals surface area contributed by atoms with Crippen molar-refractivity contribution in [2.24, 2.45) is 5.92 Å². The Balaban J connectivity index is 1.42. The average Bonchev–Trinajstić information content (AvgIpc) is 3.34. The Kier molecular flexibility index (Phi) is 7.09. The van der Waals surface area contributed by atoms with Crippen molar-refractivity contribution >= 4 is 16.3 Å². The molecule has 2 N–H and O–H groups in total. The smallest absolute Gasteiger partial charge is 0.407 e. The van der Waals surface area contributed by atoms with Crippen molar-refractivity contribution in [3.05, 3.63) is 35.9 Å². The molecule has 32 heavy (non-hydrogen) atoms. The van der Waals surface area contributed by atoms with Gasteiger partial charge < -0.3 is 9.84 Å². The first-order valence-electron chi connectivity index (χ1n) is 11.7. The van der Waals surface area contributed by atoms with Crippen molar-refractivity contribution in [1.82, 2.24) is 13.9 Å². The van der Waals surface area contributed by atoms with Gasteiger partial charge in [-0.1, -0.05) is 36.8 Å². The van der Waals surface area contributed by atoms with Crippen molar-refractivity contribution in [1.29, 1.82) is 0 Å². The van der Waals surface area contributed by atoms with E-state index in [4.69, 9.17) is 4.74 Å². The topological polar surface area (TPSA) is 99.2 Å². The molecule has 0 bridgehead atoms. The van der Waals surface area contributed by atoms with Gasteiger partial charge in [0, 0.05) is 20.1 Å². The SMILES string of the molecule is CN(C)S(=O)(=O)N[C@H]1[C@H]2CCC[C@H]2N(C(=O)O)[C@H]1COC1CCC(c2ccccc2)CC1. The highest BCUT2D eigenvalue weighted by Crippen LogP contribution is 2.42. The lowest BCUT2D eigenvalue weighted by atomic mass is 9.83. The third kappa shape index (κ3) is 4.81. The Morgan fingerprint density at radius 1 is 1.12 bits per heavy atom. The van der Waals surface area contributed by atoms with Gasteiger partial charge >= 0.3 is 6.09 Å². The lowest BCUT2D eigenvalue weighted by Gasteiger charge is -2.33. The molecule has 178 valence electrons. The maximum Gasteiger partial charge on any atom is 0.407 e. The minimum atomic E-state index is -3.68. The summed E-state index contributed by atoms with van der Waals surface area (Å²) >= 11 is 0. The molecule has 1 aromatic rings. The van der Waals surface area contributed by atoms with Crippen LogP contribution in [0.4, 0.5) is 4.79 Å². The second-order valence-electron chi connectivity index (χ2n) is 9.57.